The van der Waals surface area contributed by atoms with Crippen LogP contribution < -0.4 is 10.7 Å². The lowest BCUT2D eigenvalue weighted by molar-refractivity contribution is -0.121. The van der Waals surface area contributed by atoms with Crippen molar-refractivity contribution in [1.29, 1.82) is 0 Å². The minimum absolute atomic E-state index is 0.0272. The van der Waals surface area contributed by atoms with Crippen molar-refractivity contribution in [3.63, 3.8) is 0 Å². The standard InChI is InChI=1S/C24H37N3O2/c1-3-4-5-6-7-8-9-10-11-12-23(28)27-26-19(2)20-15-17-22(18-16-20)25-24(29)21-13-14-21/h15-18,21H,3-14H2,1-2H3,(H,25,29)(H,27,28)/b26-19-. The van der Waals surface area contributed by atoms with E-state index in [0.29, 0.717) is 6.42 Å². The topological polar surface area (TPSA) is 70.6 Å². The van der Waals surface area contributed by atoms with Crippen molar-refractivity contribution in [2.45, 2.75) is 90.9 Å². The molecule has 29 heavy (non-hydrogen) atoms. The third-order valence-electron chi connectivity index (χ3n) is 5.37. The number of benzene rings is 1. The van der Waals surface area contributed by atoms with E-state index in [9.17, 15) is 9.59 Å². The monoisotopic (exact) mass is 399 g/mol. The molecule has 2 amide bonds. The first-order valence-electron chi connectivity index (χ1n) is 11.3. The molecular formula is C24H37N3O2. The van der Waals surface area contributed by atoms with E-state index in [1.807, 2.05) is 31.2 Å². The van der Waals surface area contributed by atoms with Crippen LogP contribution in [0.5, 0.6) is 0 Å². The molecule has 160 valence electrons. The second-order valence-electron chi connectivity index (χ2n) is 8.15. The Morgan fingerprint density at radius 3 is 2.10 bits per heavy atom. The predicted molar refractivity (Wildman–Crippen MR) is 120 cm³/mol. The highest BCUT2D eigenvalue weighted by Crippen LogP contribution is 2.30. The lowest BCUT2D eigenvalue weighted by atomic mass is 10.1. The van der Waals surface area contributed by atoms with E-state index in [1.54, 1.807) is 0 Å². The maximum absolute atomic E-state index is 12.0. The second kappa shape index (κ2) is 13.1. The number of rotatable bonds is 14. The van der Waals surface area contributed by atoms with Gasteiger partial charge in [-0.2, -0.15) is 5.10 Å². The molecule has 0 saturated heterocycles. The zero-order valence-electron chi connectivity index (χ0n) is 18.1. The van der Waals surface area contributed by atoms with Gasteiger partial charge in [-0.25, -0.2) is 5.43 Å². The Labute approximate surface area is 175 Å². The van der Waals surface area contributed by atoms with Crippen LogP contribution in [0.3, 0.4) is 0 Å². The van der Waals surface area contributed by atoms with Crippen LogP contribution in [-0.4, -0.2) is 17.5 Å². The molecule has 1 fully saturated rings. The van der Waals surface area contributed by atoms with Gasteiger partial charge in [-0.1, -0.05) is 70.4 Å². The van der Waals surface area contributed by atoms with Gasteiger partial charge in [0.1, 0.15) is 0 Å². The molecule has 5 nitrogen and oxygen atoms in total. The fourth-order valence-electron chi connectivity index (χ4n) is 3.25. The van der Waals surface area contributed by atoms with Gasteiger partial charge in [-0.05, 0) is 43.9 Å². The molecular weight excluding hydrogens is 362 g/mol. The number of carbonyl (C=O) groups excluding carboxylic acids is 2. The first kappa shape index (κ1) is 23.1. The molecule has 0 aromatic heterocycles. The van der Waals surface area contributed by atoms with Crippen molar-refractivity contribution < 1.29 is 9.59 Å². The van der Waals surface area contributed by atoms with E-state index < -0.39 is 0 Å². The number of nitrogens with zero attached hydrogens (tertiary/aromatic N) is 1. The molecule has 2 rings (SSSR count). The summed E-state index contributed by atoms with van der Waals surface area (Å²) in [7, 11) is 0. The number of unbranched alkanes of at least 4 members (excludes halogenated alkanes) is 8. The van der Waals surface area contributed by atoms with Crippen LogP contribution >= 0.6 is 0 Å². The molecule has 1 aliphatic rings. The number of hydrogen-bond donors (Lipinski definition) is 2. The normalized spacial score (nSPS) is 13.9. The number of amides is 2. The fraction of sp³-hybridized carbons (Fsp3) is 0.625. The van der Waals surface area contributed by atoms with E-state index in [0.717, 1.165) is 42.6 Å². The van der Waals surface area contributed by atoms with Crippen LogP contribution in [0.1, 0.15) is 96.5 Å². The summed E-state index contributed by atoms with van der Waals surface area (Å²) in [6.07, 6.45) is 13.7. The summed E-state index contributed by atoms with van der Waals surface area (Å²) in [5.41, 5.74) is 5.14. The van der Waals surface area contributed by atoms with E-state index in [2.05, 4.69) is 22.8 Å². The number of nitrogens with one attached hydrogen (secondary N) is 2. The van der Waals surface area contributed by atoms with Crippen molar-refractivity contribution >= 4 is 23.2 Å². The lowest BCUT2D eigenvalue weighted by Crippen LogP contribution is -2.18. The number of hydrazone groups is 1. The quantitative estimate of drug-likeness (QED) is 0.236. The van der Waals surface area contributed by atoms with Gasteiger partial charge in [0.05, 0.1) is 5.71 Å². The van der Waals surface area contributed by atoms with Crippen molar-refractivity contribution in [3.8, 4) is 0 Å². The molecule has 0 spiro atoms. The fourth-order valence-corrected chi connectivity index (χ4v) is 3.25. The predicted octanol–water partition coefficient (Wildman–Crippen LogP) is 5.80. The van der Waals surface area contributed by atoms with E-state index in [4.69, 9.17) is 0 Å². The molecule has 0 radical (unpaired) electrons. The van der Waals surface area contributed by atoms with Gasteiger partial charge in [0.15, 0.2) is 0 Å². The summed E-state index contributed by atoms with van der Waals surface area (Å²) in [6.45, 7) is 4.11. The Kier molecular flexibility index (Phi) is 10.5. The lowest BCUT2D eigenvalue weighted by Gasteiger charge is -2.06. The zero-order valence-corrected chi connectivity index (χ0v) is 18.1. The molecule has 0 bridgehead atoms. The van der Waals surface area contributed by atoms with Crippen molar-refractivity contribution in [2.75, 3.05) is 5.32 Å². The molecule has 1 aliphatic carbocycles. The maximum atomic E-state index is 12.0. The van der Waals surface area contributed by atoms with Crippen LogP contribution in [0.25, 0.3) is 0 Å². The van der Waals surface area contributed by atoms with Crippen molar-refractivity contribution in [3.05, 3.63) is 29.8 Å². The number of hydrogen-bond acceptors (Lipinski definition) is 3. The molecule has 2 N–H and O–H groups in total. The summed E-state index contributed by atoms with van der Waals surface area (Å²) in [4.78, 5) is 23.8. The average molecular weight is 400 g/mol. The van der Waals surface area contributed by atoms with Crippen LogP contribution in [0.4, 0.5) is 5.69 Å². The molecule has 1 aromatic rings. The Morgan fingerprint density at radius 2 is 1.52 bits per heavy atom. The van der Waals surface area contributed by atoms with Crippen LogP contribution in [0.15, 0.2) is 29.4 Å². The molecule has 0 atom stereocenters. The zero-order chi connectivity index (χ0) is 20.9. The SMILES string of the molecule is CCCCCCCCCCCC(=O)N/N=C(/C)c1ccc(NC(=O)C2CC2)cc1. The summed E-state index contributed by atoms with van der Waals surface area (Å²) < 4.78 is 0. The van der Waals surface area contributed by atoms with E-state index in [-0.39, 0.29) is 17.7 Å². The molecule has 0 heterocycles. The van der Waals surface area contributed by atoms with Gasteiger partial charge in [0.2, 0.25) is 11.8 Å². The van der Waals surface area contributed by atoms with Gasteiger partial charge in [0, 0.05) is 18.0 Å². The van der Waals surface area contributed by atoms with Gasteiger partial charge >= 0.3 is 0 Å². The molecule has 0 aliphatic heterocycles. The number of anilines is 1. The van der Waals surface area contributed by atoms with E-state index in [1.165, 1.54) is 44.9 Å². The van der Waals surface area contributed by atoms with Crippen molar-refractivity contribution in [2.24, 2.45) is 11.0 Å². The molecule has 1 saturated carbocycles. The summed E-state index contributed by atoms with van der Waals surface area (Å²) in [5, 5.41) is 7.13. The third kappa shape index (κ3) is 9.73. The van der Waals surface area contributed by atoms with Gasteiger partial charge in [-0.15, -0.1) is 0 Å². The highest BCUT2D eigenvalue weighted by Gasteiger charge is 2.29. The number of carbonyl (C=O) groups is 2. The minimum atomic E-state index is -0.0272. The third-order valence-corrected chi connectivity index (χ3v) is 5.37. The molecule has 0 unspecified atom stereocenters. The highest BCUT2D eigenvalue weighted by molar-refractivity contribution is 6.00. The Hall–Kier alpha value is -2.17. The first-order chi connectivity index (χ1) is 14.1. The Bertz CT molecular complexity index is 663. The maximum Gasteiger partial charge on any atom is 0.240 e. The van der Waals surface area contributed by atoms with Gasteiger partial charge < -0.3 is 5.32 Å². The Morgan fingerprint density at radius 1 is 0.931 bits per heavy atom. The second-order valence-corrected chi connectivity index (χ2v) is 8.15. The highest BCUT2D eigenvalue weighted by atomic mass is 16.2. The van der Waals surface area contributed by atoms with Crippen LogP contribution in [0.2, 0.25) is 0 Å². The smallest absolute Gasteiger partial charge is 0.240 e. The summed E-state index contributed by atoms with van der Waals surface area (Å²) in [5.74, 6) is 0.270. The molecule has 5 heteroatoms. The van der Waals surface area contributed by atoms with E-state index >= 15 is 0 Å². The van der Waals surface area contributed by atoms with Crippen molar-refractivity contribution in [1.82, 2.24) is 5.43 Å². The van der Waals surface area contributed by atoms with Crippen LogP contribution in [0, 0.1) is 5.92 Å². The van der Waals surface area contributed by atoms with Crippen LogP contribution in [-0.2, 0) is 9.59 Å². The first-order valence-corrected chi connectivity index (χ1v) is 11.3. The van der Waals surface area contributed by atoms with Gasteiger partial charge in [0.25, 0.3) is 0 Å². The summed E-state index contributed by atoms with van der Waals surface area (Å²) in [6, 6.07) is 7.57. The average Bonchev–Trinajstić information content (AvgIpc) is 3.57. The van der Waals surface area contributed by atoms with Gasteiger partial charge in [-0.3, -0.25) is 9.59 Å². The largest absolute Gasteiger partial charge is 0.326 e. The summed E-state index contributed by atoms with van der Waals surface area (Å²) >= 11 is 0. The Balaban J connectivity index is 1.59. The minimum Gasteiger partial charge on any atom is -0.326 e. The molecule has 1 aromatic carbocycles.